The van der Waals surface area contributed by atoms with E-state index < -0.39 is 0 Å². The number of nitrogens with two attached hydrogens (primary N) is 1. The largest absolute Gasteiger partial charge is 0.399 e. The summed E-state index contributed by atoms with van der Waals surface area (Å²) >= 11 is 0. The molecule has 0 saturated heterocycles. The lowest BCUT2D eigenvalue weighted by Crippen LogP contribution is -2.32. The van der Waals surface area contributed by atoms with Crippen LogP contribution >= 0.6 is 0 Å². The molecule has 3 rings (SSSR count). The van der Waals surface area contributed by atoms with Crippen molar-refractivity contribution in [2.75, 3.05) is 5.73 Å². The van der Waals surface area contributed by atoms with E-state index in [4.69, 9.17) is 5.73 Å². The van der Waals surface area contributed by atoms with Gasteiger partial charge in [-0.25, -0.2) is 0 Å². The van der Waals surface area contributed by atoms with E-state index in [0.29, 0.717) is 18.2 Å². The molecule has 1 aliphatic rings. The van der Waals surface area contributed by atoms with Gasteiger partial charge in [0.2, 0.25) is 0 Å². The van der Waals surface area contributed by atoms with Gasteiger partial charge in [0.05, 0.1) is 11.8 Å². The first-order chi connectivity index (χ1) is 10.1. The van der Waals surface area contributed by atoms with Gasteiger partial charge in [-0.2, -0.15) is 5.10 Å². The SMILES string of the molecule is Cc1c(C(=O)N(Cc2cccc(N)c2)C2CC2)cnn1C. The van der Waals surface area contributed by atoms with Gasteiger partial charge in [0.1, 0.15) is 0 Å². The third-order valence-electron chi connectivity index (χ3n) is 4.02. The number of nitrogens with zero attached hydrogens (tertiary/aromatic N) is 3. The van der Waals surface area contributed by atoms with Gasteiger partial charge < -0.3 is 10.6 Å². The number of benzene rings is 1. The summed E-state index contributed by atoms with van der Waals surface area (Å²) < 4.78 is 1.73. The Morgan fingerprint density at radius 3 is 2.81 bits per heavy atom. The first-order valence-electron chi connectivity index (χ1n) is 7.20. The molecule has 1 amide bonds. The number of carbonyl (C=O) groups is 1. The van der Waals surface area contributed by atoms with E-state index in [0.717, 1.165) is 29.8 Å². The average molecular weight is 284 g/mol. The molecule has 1 heterocycles. The summed E-state index contributed by atoms with van der Waals surface area (Å²) in [6, 6.07) is 8.07. The van der Waals surface area contributed by atoms with Gasteiger partial charge in [-0.1, -0.05) is 12.1 Å². The lowest BCUT2D eigenvalue weighted by molar-refractivity contribution is 0.0729. The minimum absolute atomic E-state index is 0.0607. The molecule has 21 heavy (non-hydrogen) atoms. The van der Waals surface area contributed by atoms with Crippen molar-refractivity contribution in [3.63, 3.8) is 0 Å². The molecule has 0 atom stereocenters. The number of anilines is 1. The van der Waals surface area contributed by atoms with Crippen molar-refractivity contribution in [2.45, 2.75) is 32.4 Å². The second-order valence-electron chi connectivity index (χ2n) is 5.68. The highest BCUT2D eigenvalue weighted by molar-refractivity contribution is 5.95. The lowest BCUT2D eigenvalue weighted by atomic mass is 10.1. The molecule has 1 saturated carbocycles. The van der Waals surface area contributed by atoms with Gasteiger partial charge in [0.25, 0.3) is 5.91 Å². The highest BCUT2D eigenvalue weighted by Crippen LogP contribution is 2.30. The molecule has 0 aliphatic heterocycles. The molecule has 5 nitrogen and oxygen atoms in total. The van der Waals surface area contributed by atoms with Gasteiger partial charge in [0.15, 0.2) is 0 Å². The molecule has 0 spiro atoms. The standard InChI is InChI=1S/C16H20N4O/c1-11-15(9-18-19(11)2)16(21)20(14-6-7-14)10-12-4-3-5-13(17)8-12/h3-5,8-9,14H,6-7,10,17H2,1-2H3. The molecule has 110 valence electrons. The summed E-state index contributed by atoms with van der Waals surface area (Å²) in [6.07, 6.45) is 3.81. The maximum Gasteiger partial charge on any atom is 0.257 e. The molecule has 5 heteroatoms. The molecule has 1 fully saturated rings. The first kappa shape index (κ1) is 13.7. The Labute approximate surface area is 124 Å². The molecule has 1 aromatic carbocycles. The van der Waals surface area contributed by atoms with Crippen LogP contribution in [0.15, 0.2) is 30.5 Å². The summed E-state index contributed by atoms with van der Waals surface area (Å²) in [5, 5.41) is 4.17. The monoisotopic (exact) mass is 284 g/mol. The minimum atomic E-state index is 0.0607. The zero-order chi connectivity index (χ0) is 15.0. The summed E-state index contributed by atoms with van der Waals surface area (Å²) in [7, 11) is 1.85. The van der Waals surface area contributed by atoms with Crippen molar-refractivity contribution in [3.05, 3.63) is 47.3 Å². The Hall–Kier alpha value is -2.30. The van der Waals surface area contributed by atoms with Crippen LogP contribution in [0.3, 0.4) is 0 Å². The number of nitrogen functional groups attached to an aromatic ring is 1. The molecular weight excluding hydrogens is 264 g/mol. The molecular formula is C16H20N4O. The molecule has 1 aliphatic carbocycles. The van der Waals surface area contributed by atoms with Crippen LogP contribution in [0.25, 0.3) is 0 Å². The van der Waals surface area contributed by atoms with E-state index in [-0.39, 0.29) is 5.91 Å². The number of aryl methyl sites for hydroxylation is 1. The van der Waals surface area contributed by atoms with Gasteiger partial charge in [-0.05, 0) is 37.5 Å². The number of amides is 1. The topological polar surface area (TPSA) is 64.2 Å². The fourth-order valence-electron chi connectivity index (χ4n) is 2.50. The number of rotatable bonds is 4. The van der Waals surface area contributed by atoms with E-state index in [9.17, 15) is 4.79 Å². The van der Waals surface area contributed by atoms with Gasteiger partial charge in [-0.15, -0.1) is 0 Å². The molecule has 0 unspecified atom stereocenters. The predicted molar refractivity (Wildman–Crippen MR) is 81.7 cm³/mol. The molecule has 2 aromatic rings. The third kappa shape index (κ3) is 2.77. The van der Waals surface area contributed by atoms with Gasteiger partial charge >= 0.3 is 0 Å². The zero-order valence-electron chi connectivity index (χ0n) is 12.4. The Balaban J connectivity index is 1.85. The Bertz CT molecular complexity index is 673. The highest BCUT2D eigenvalue weighted by atomic mass is 16.2. The minimum Gasteiger partial charge on any atom is -0.399 e. The van der Waals surface area contributed by atoms with Crippen molar-refractivity contribution in [1.82, 2.24) is 14.7 Å². The van der Waals surface area contributed by atoms with E-state index in [1.165, 1.54) is 0 Å². The highest BCUT2D eigenvalue weighted by Gasteiger charge is 2.34. The van der Waals surface area contributed by atoms with Crippen molar-refractivity contribution in [2.24, 2.45) is 7.05 Å². The third-order valence-corrected chi connectivity index (χ3v) is 4.02. The smallest absolute Gasteiger partial charge is 0.257 e. The number of hydrogen-bond acceptors (Lipinski definition) is 3. The molecule has 0 bridgehead atoms. The summed E-state index contributed by atoms with van der Waals surface area (Å²) in [5.41, 5.74) is 9.21. The van der Waals surface area contributed by atoms with Crippen LogP contribution in [0.2, 0.25) is 0 Å². The quantitative estimate of drug-likeness (QED) is 0.875. The maximum atomic E-state index is 12.8. The molecule has 1 aromatic heterocycles. The zero-order valence-corrected chi connectivity index (χ0v) is 12.4. The normalized spacial score (nSPS) is 14.2. The Kier molecular flexibility index (Phi) is 3.41. The number of hydrogen-bond donors (Lipinski definition) is 1. The van der Waals surface area contributed by atoms with Gasteiger partial charge in [-0.3, -0.25) is 9.48 Å². The van der Waals surface area contributed by atoms with Crippen molar-refractivity contribution < 1.29 is 4.79 Å². The van der Waals surface area contributed by atoms with Crippen LogP contribution in [-0.4, -0.2) is 26.6 Å². The van der Waals surface area contributed by atoms with Crippen molar-refractivity contribution in [1.29, 1.82) is 0 Å². The van der Waals surface area contributed by atoms with Crippen LogP contribution in [0.4, 0.5) is 5.69 Å². The Morgan fingerprint density at radius 2 is 2.24 bits per heavy atom. The maximum absolute atomic E-state index is 12.8. The van der Waals surface area contributed by atoms with Crippen LogP contribution in [0.5, 0.6) is 0 Å². The predicted octanol–water partition coefficient (Wildman–Crippen LogP) is 2.12. The summed E-state index contributed by atoms with van der Waals surface area (Å²) in [6.45, 7) is 2.52. The van der Waals surface area contributed by atoms with Crippen LogP contribution in [0, 0.1) is 6.92 Å². The van der Waals surface area contributed by atoms with Crippen molar-refractivity contribution in [3.8, 4) is 0 Å². The average Bonchev–Trinajstić information content (AvgIpc) is 3.23. The lowest BCUT2D eigenvalue weighted by Gasteiger charge is -2.22. The second-order valence-corrected chi connectivity index (χ2v) is 5.68. The van der Waals surface area contributed by atoms with Crippen molar-refractivity contribution >= 4 is 11.6 Å². The summed E-state index contributed by atoms with van der Waals surface area (Å²) in [4.78, 5) is 14.7. The van der Waals surface area contributed by atoms with Crippen LogP contribution in [-0.2, 0) is 13.6 Å². The van der Waals surface area contributed by atoms with E-state index >= 15 is 0 Å². The number of aromatic nitrogens is 2. The fraction of sp³-hybridized carbons (Fsp3) is 0.375. The van der Waals surface area contributed by atoms with E-state index in [2.05, 4.69) is 5.10 Å². The molecule has 2 N–H and O–H groups in total. The molecule has 0 radical (unpaired) electrons. The van der Waals surface area contributed by atoms with Crippen LogP contribution in [0.1, 0.15) is 34.5 Å². The summed E-state index contributed by atoms with van der Waals surface area (Å²) in [5.74, 6) is 0.0607. The van der Waals surface area contributed by atoms with Gasteiger partial charge in [0, 0.05) is 31.0 Å². The Morgan fingerprint density at radius 1 is 1.48 bits per heavy atom. The number of carbonyl (C=O) groups excluding carboxylic acids is 1. The first-order valence-corrected chi connectivity index (χ1v) is 7.20. The van der Waals surface area contributed by atoms with E-state index in [1.807, 2.05) is 43.1 Å². The fourth-order valence-corrected chi connectivity index (χ4v) is 2.50. The van der Waals surface area contributed by atoms with Crippen LogP contribution < -0.4 is 5.73 Å². The second kappa shape index (κ2) is 5.24. The van der Waals surface area contributed by atoms with E-state index in [1.54, 1.807) is 10.9 Å².